The molecule has 130 valence electrons. The average Bonchev–Trinajstić information content (AvgIpc) is 3.13. The van der Waals surface area contributed by atoms with Crippen LogP contribution in [-0.4, -0.2) is 43.5 Å². The number of ether oxygens (including phenoxy) is 1. The highest BCUT2D eigenvalue weighted by Gasteiger charge is 2.23. The van der Waals surface area contributed by atoms with Gasteiger partial charge in [0.25, 0.3) is 11.8 Å². The summed E-state index contributed by atoms with van der Waals surface area (Å²) in [6, 6.07) is 6.65. The standard InChI is InChI=1S/C17H23N3O4/c1-2-15(21)18-9-10-19-16(22)12-5-7-13(8-6-12)20-17(23)14-4-3-11-24-14/h5-8,14H,2-4,9-11H2,1H3,(H,18,21)(H,19,22)(H,20,23). The van der Waals surface area contributed by atoms with Crippen LogP contribution in [0.4, 0.5) is 5.69 Å². The second-order valence-corrected chi connectivity index (χ2v) is 5.53. The van der Waals surface area contributed by atoms with Gasteiger partial charge < -0.3 is 20.7 Å². The fourth-order valence-electron chi connectivity index (χ4n) is 2.32. The summed E-state index contributed by atoms with van der Waals surface area (Å²) in [6.07, 6.45) is 1.68. The van der Waals surface area contributed by atoms with Crippen molar-refractivity contribution in [2.24, 2.45) is 0 Å². The number of amides is 3. The predicted octanol–water partition coefficient (Wildman–Crippen LogP) is 1.06. The summed E-state index contributed by atoms with van der Waals surface area (Å²) < 4.78 is 5.32. The van der Waals surface area contributed by atoms with E-state index in [1.165, 1.54) is 0 Å². The maximum atomic E-state index is 12.0. The first-order chi connectivity index (χ1) is 11.6. The number of carbonyl (C=O) groups excluding carboxylic acids is 3. The number of benzene rings is 1. The van der Waals surface area contributed by atoms with Crippen molar-refractivity contribution in [1.82, 2.24) is 10.6 Å². The van der Waals surface area contributed by atoms with Gasteiger partial charge in [-0.1, -0.05) is 6.92 Å². The molecule has 1 atom stereocenters. The normalized spacial score (nSPS) is 16.5. The maximum Gasteiger partial charge on any atom is 0.253 e. The minimum absolute atomic E-state index is 0.0458. The Morgan fingerprint density at radius 3 is 2.46 bits per heavy atom. The van der Waals surface area contributed by atoms with E-state index in [0.29, 0.717) is 37.4 Å². The van der Waals surface area contributed by atoms with Crippen LogP contribution < -0.4 is 16.0 Å². The summed E-state index contributed by atoms with van der Waals surface area (Å²) in [4.78, 5) is 35.0. The smallest absolute Gasteiger partial charge is 0.253 e. The zero-order chi connectivity index (χ0) is 17.4. The second-order valence-electron chi connectivity index (χ2n) is 5.53. The molecule has 1 heterocycles. The largest absolute Gasteiger partial charge is 0.368 e. The zero-order valence-corrected chi connectivity index (χ0v) is 13.8. The van der Waals surface area contributed by atoms with E-state index in [-0.39, 0.29) is 23.8 Å². The van der Waals surface area contributed by atoms with Crippen molar-refractivity contribution < 1.29 is 19.1 Å². The van der Waals surface area contributed by atoms with Gasteiger partial charge in [0.1, 0.15) is 6.10 Å². The predicted molar refractivity (Wildman–Crippen MR) is 89.7 cm³/mol. The van der Waals surface area contributed by atoms with Crippen molar-refractivity contribution >= 4 is 23.4 Å². The van der Waals surface area contributed by atoms with Crippen molar-refractivity contribution in [3.63, 3.8) is 0 Å². The molecule has 7 heteroatoms. The summed E-state index contributed by atoms with van der Waals surface area (Å²) in [5.41, 5.74) is 1.12. The molecule has 0 saturated carbocycles. The van der Waals surface area contributed by atoms with Gasteiger partial charge in [-0.25, -0.2) is 0 Å². The molecule has 0 aromatic heterocycles. The molecule has 1 fully saturated rings. The van der Waals surface area contributed by atoms with Crippen LogP contribution in [0.5, 0.6) is 0 Å². The first-order valence-corrected chi connectivity index (χ1v) is 8.17. The molecular formula is C17H23N3O4. The SMILES string of the molecule is CCC(=O)NCCNC(=O)c1ccc(NC(=O)C2CCCO2)cc1. The summed E-state index contributed by atoms with van der Waals surface area (Å²) in [7, 11) is 0. The molecule has 1 aliphatic heterocycles. The molecule has 0 spiro atoms. The molecule has 1 aromatic rings. The third-order valence-corrected chi connectivity index (χ3v) is 3.69. The van der Waals surface area contributed by atoms with E-state index in [1.54, 1.807) is 31.2 Å². The van der Waals surface area contributed by atoms with Crippen LogP contribution in [0.2, 0.25) is 0 Å². The van der Waals surface area contributed by atoms with E-state index >= 15 is 0 Å². The summed E-state index contributed by atoms with van der Waals surface area (Å²) in [5.74, 6) is -0.426. The van der Waals surface area contributed by atoms with Crippen LogP contribution >= 0.6 is 0 Å². The quantitative estimate of drug-likeness (QED) is 0.650. The molecule has 1 unspecified atom stereocenters. The van der Waals surface area contributed by atoms with Crippen molar-refractivity contribution in [1.29, 1.82) is 0 Å². The lowest BCUT2D eigenvalue weighted by Gasteiger charge is -2.11. The number of carbonyl (C=O) groups is 3. The highest BCUT2D eigenvalue weighted by molar-refractivity contribution is 5.96. The van der Waals surface area contributed by atoms with Crippen molar-refractivity contribution in [2.75, 3.05) is 25.0 Å². The minimum atomic E-state index is -0.383. The third-order valence-electron chi connectivity index (χ3n) is 3.69. The van der Waals surface area contributed by atoms with Gasteiger partial charge in [-0.15, -0.1) is 0 Å². The highest BCUT2D eigenvalue weighted by Crippen LogP contribution is 2.15. The van der Waals surface area contributed by atoms with Crippen LogP contribution in [0.3, 0.4) is 0 Å². The zero-order valence-electron chi connectivity index (χ0n) is 13.8. The lowest BCUT2D eigenvalue weighted by atomic mass is 10.2. The van der Waals surface area contributed by atoms with E-state index in [4.69, 9.17) is 4.74 Å². The Labute approximate surface area is 141 Å². The van der Waals surface area contributed by atoms with Gasteiger partial charge in [-0.2, -0.15) is 0 Å². The van der Waals surface area contributed by atoms with E-state index < -0.39 is 0 Å². The Morgan fingerprint density at radius 1 is 1.12 bits per heavy atom. The maximum absolute atomic E-state index is 12.0. The molecule has 3 N–H and O–H groups in total. The minimum Gasteiger partial charge on any atom is -0.368 e. The molecule has 0 aliphatic carbocycles. The topological polar surface area (TPSA) is 96.5 Å². The number of nitrogens with one attached hydrogen (secondary N) is 3. The van der Waals surface area contributed by atoms with E-state index in [2.05, 4.69) is 16.0 Å². The first kappa shape index (κ1) is 17.9. The van der Waals surface area contributed by atoms with E-state index in [9.17, 15) is 14.4 Å². The third kappa shape index (κ3) is 5.34. The van der Waals surface area contributed by atoms with Gasteiger partial charge in [0.15, 0.2) is 0 Å². The summed E-state index contributed by atoms with van der Waals surface area (Å²) in [5, 5.41) is 8.18. The van der Waals surface area contributed by atoms with Crippen molar-refractivity contribution in [3.8, 4) is 0 Å². The van der Waals surface area contributed by atoms with Crippen LogP contribution in [0.15, 0.2) is 24.3 Å². The van der Waals surface area contributed by atoms with Crippen LogP contribution in [0, 0.1) is 0 Å². The van der Waals surface area contributed by atoms with Gasteiger partial charge in [-0.3, -0.25) is 14.4 Å². The van der Waals surface area contributed by atoms with Crippen molar-refractivity contribution in [3.05, 3.63) is 29.8 Å². The van der Waals surface area contributed by atoms with Gasteiger partial charge in [0.05, 0.1) is 0 Å². The summed E-state index contributed by atoms with van der Waals surface area (Å²) in [6.45, 7) is 3.15. The highest BCUT2D eigenvalue weighted by atomic mass is 16.5. The Hall–Kier alpha value is -2.41. The fraction of sp³-hybridized carbons (Fsp3) is 0.471. The number of rotatable bonds is 7. The molecule has 2 rings (SSSR count). The Morgan fingerprint density at radius 2 is 1.83 bits per heavy atom. The summed E-state index contributed by atoms with van der Waals surface area (Å²) >= 11 is 0. The lowest BCUT2D eigenvalue weighted by molar-refractivity contribution is -0.124. The Bertz CT molecular complexity index is 580. The van der Waals surface area contributed by atoms with Gasteiger partial charge in [-0.05, 0) is 37.1 Å². The van der Waals surface area contributed by atoms with Gasteiger partial charge in [0, 0.05) is 37.4 Å². The molecule has 1 aromatic carbocycles. The molecule has 24 heavy (non-hydrogen) atoms. The van der Waals surface area contributed by atoms with Crippen LogP contribution in [0.1, 0.15) is 36.5 Å². The lowest BCUT2D eigenvalue weighted by Crippen LogP contribution is -2.34. The molecule has 0 radical (unpaired) electrons. The van der Waals surface area contributed by atoms with Crippen LogP contribution in [0.25, 0.3) is 0 Å². The number of anilines is 1. The fourth-order valence-corrected chi connectivity index (χ4v) is 2.32. The molecule has 1 aliphatic rings. The van der Waals surface area contributed by atoms with Crippen molar-refractivity contribution in [2.45, 2.75) is 32.3 Å². The molecule has 7 nitrogen and oxygen atoms in total. The molecular weight excluding hydrogens is 310 g/mol. The number of hydrogen-bond acceptors (Lipinski definition) is 4. The number of hydrogen-bond donors (Lipinski definition) is 3. The van der Waals surface area contributed by atoms with E-state index in [1.807, 2.05) is 0 Å². The molecule has 1 saturated heterocycles. The Balaban J connectivity index is 1.77. The average molecular weight is 333 g/mol. The molecule has 0 bridgehead atoms. The van der Waals surface area contributed by atoms with Gasteiger partial charge in [0.2, 0.25) is 5.91 Å². The van der Waals surface area contributed by atoms with E-state index in [0.717, 1.165) is 12.8 Å². The molecule has 3 amide bonds. The van der Waals surface area contributed by atoms with Crippen LogP contribution in [-0.2, 0) is 14.3 Å². The van der Waals surface area contributed by atoms with Gasteiger partial charge >= 0.3 is 0 Å². The second kappa shape index (κ2) is 9.02. The first-order valence-electron chi connectivity index (χ1n) is 8.17. The Kier molecular flexibility index (Phi) is 6.74. The monoisotopic (exact) mass is 333 g/mol.